The Hall–Kier alpha value is -2.03. The molecule has 27 heavy (non-hydrogen) atoms. The number of rotatable bonds is 10. The molecule has 0 aliphatic rings. The lowest BCUT2D eigenvalue weighted by Crippen LogP contribution is -2.14. The molecule has 0 saturated carbocycles. The Morgan fingerprint density at radius 1 is 1.07 bits per heavy atom. The van der Waals surface area contributed by atoms with Crippen molar-refractivity contribution in [1.82, 2.24) is 4.57 Å². The van der Waals surface area contributed by atoms with Crippen molar-refractivity contribution in [3.8, 4) is 11.3 Å². The van der Waals surface area contributed by atoms with E-state index < -0.39 is 0 Å². The number of benzene rings is 1. The zero-order valence-corrected chi connectivity index (χ0v) is 17.7. The Balaban J connectivity index is 2.34. The van der Waals surface area contributed by atoms with Gasteiger partial charge in [-0.15, -0.1) is 0 Å². The van der Waals surface area contributed by atoms with Crippen molar-refractivity contribution in [2.24, 2.45) is 11.7 Å². The van der Waals surface area contributed by atoms with Crippen LogP contribution in [0, 0.1) is 12.8 Å². The predicted molar refractivity (Wildman–Crippen MR) is 115 cm³/mol. The van der Waals surface area contributed by atoms with Gasteiger partial charge in [-0.05, 0) is 62.6 Å². The van der Waals surface area contributed by atoms with Crippen molar-refractivity contribution in [1.29, 1.82) is 0 Å². The lowest BCUT2D eigenvalue weighted by Gasteiger charge is -2.21. The largest absolute Gasteiger partial charge is 0.366 e. The summed E-state index contributed by atoms with van der Waals surface area (Å²) >= 11 is 0. The number of aromatic nitrogens is 1. The molecule has 1 heterocycles. The van der Waals surface area contributed by atoms with Crippen LogP contribution < -0.4 is 5.73 Å². The second kappa shape index (κ2) is 9.77. The lowest BCUT2D eigenvalue weighted by molar-refractivity contribution is 0.0999. The number of hydrogen-bond acceptors (Lipinski definition) is 1. The van der Waals surface area contributed by atoms with Gasteiger partial charge in [0.15, 0.2) is 0 Å². The Bertz CT molecular complexity index is 740. The lowest BCUT2D eigenvalue weighted by atomic mass is 10.0. The molecule has 0 saturated heterocycles. The van der Waals surface area contributed by atoms with Crippen molar-refractivity contribution < 1.29 is 4.79 Å². The first-order valence-corrected chi connectivity index (χ1v) is 10.5. The van der Waals surface area contributed by atoms with Gasteiger partial charge in [-0.2, -0.15) is 0 Å². The summed E-state index contributed by atoms with van der Waals surface area (Å²) < 4.78 is 2.30. The van der Waals surface area contributed by atoms with Crippen LogP contribution in [-0.4, -0.2) is 10.5 Å². The number of nitrogens with two attached hydrogens (primary N) is 1. The number of carbonyl (C=O) groups excluding carboxylic acids is 1. The van der Waals surface area contributed by atoms with Crippen LogP contribution in [0.25, 0.3) is 11.3 Å². The molecular weight excluding hydrogens is 332 g/mol. The van der Waals surface area contributed by atoms with E-state index in [1.54, 1.807) is 0 Å². The molecule has 1 atom stereocenters. The summed E-state index contributed by atoms with van der Waals surface area (Å²) in [7, 11) is 0. The summed E-state index contributed by atoms with van der Waals surface area (Å²) in [6.45, 7) is 11.0. The third kappa shape index (κ3) is 5.47. The highest BCUT2D eigenvalue weighted by Gasteiger charge is 2.20. The van der Waals surface area contributed by atoms with Crippen molar-refractivity contribution >= 4 is 5.91 Å². The third-order valence-electron chi connectivity index (χ3n) is 5.48. The summed E-state index contributed by atoms with van der Waals surface area (Å²) in [5.41, 5.74) is 10.9. The van der Waals surface area contributed by atoms with E-state index in [1.165, 1.54) is 31.2 Å². The zero-order chi connectivity index (χ0) is 20.0. The fourth-order valence-electron chi connectivity index (χ4n) is 3.79. The molecule has 3 nitrogen and oxygen atoms in total. The molecule has 1 aromatic heterocycles. The molecule has 0 spiro atoms. The van der Waals surface area contributed by atoms with Gasteiger partial charge in [0.25, 0.3) is 5.91 Å². The molecule has 2 rings (SSSR count). The number of aryl methyl sites for hydroxylation is 1. The minimum absolute atomic E-state index is 0.333. The van der Waals surface area contributed by atoms with Gasteiger partial charge in [0.2, 0.25) is 0 Å². The monoisotopic (exact) mass is 368 g/mol. The second-order valence-electron chi connectivity index (χ2n) is 8.24. The first kappa shape index (κ1) is 21.3. The van der Waals surface area contributed by atoms with E-state index in [-0.39, 0.29) is 5.91 Å². The van der Waals surface area contributed by atoms with E-state index >= 15 is 0 Å². The van der Waals surface area contributed by atoms with Crippen molar-refractivity contribution in [3.63, 3.8) is 0 Å². The number of unbranched alkanes of at least 4 members (excludes halogenated alkanes) is 2. The van der Waals surface area contributed by atoms with Gasteiger partial charge in [0.05, 0.1) is 5.56 Å². The van der Waals surface area contributed by atoms with E-state index in [0.717, 1.165) is 29.8 Å². The molecular formula is C24H36N2O. The number of carbonyl (C=O) groups is 1. The maximum atomic E-state index is 11.9. The Morgan fingerprint density at radius 3 is 2.30 bits per heavy atom. The highest BCUT2D eigenvalue weighted by atomic mass is 16.1. The molecule has 1 amide bonds. The first-order chi connectivity index (χ1) is 12.8. The Kier molecular flexibility index (Phi) is 7.70. The molecule has 0 aliphatic carbocycles. The molecule has 1 aromatic carbocycles. The minimum Gasteiger partial charge on any atom is -0.366 e. The summed E-state index contributed by atoms with van der Waals surface area (Å²) in [6.07, 6.45) is 7.15. The van der Waals surface area contributed by atoms with Gasteiger partial charge < -0.3 is 10.3 Å². The van der Waals surface area contributed by atoms with E-state index in [9.17, 15) is 4.79 Å². The summed E-state index contributed by atoms with van der Waals surface area (Å²) in [5.74, 6) is 0.324. The fraction of sp³-hybridized carbons (Fsp3) is 0.542. The SMILES string of the molecule is CCCCCc1ccc(-c2cc(C(N)=O)c(C)n2C(C)CCC(C)C)cc1. The molecule has 2 N–H and O–H groups in total. The highest BCUT2D eigenvalue weighted by molar-refractivity contribution is 5.95. The zero-order valence-electron chi connectivity index (χ0n) is 17.7. The van der Waals surface area contributed by atoms with E-state index in [0.29, 0.717) is 17.5 Å². The van der Waals surface area contributed by atoms with Crippen LogP contribution in [-0.2, 0) is 6.42 Å². The van der Waals surface area contributed by atoms with Crippen molar-refractivity contribution in [2.75, 3.05) is 0 Å². The molecule has 148 valence electrons. The summed E-state index contributed by atoms with van der Waals surface area (Å²) in [6, 6.07) is 11.1. The minimum atomic E-state index is -0.347. The van der Waals surface area contributed by atoms with E-state index in [4.69, 9.17) is 5.73 Å². The van der Waals surface area contributed by atoms with Crippen LogP contribution in [0.4, 0.5) is 0 Å². The fourth-order valence-corrected chi connectivity index (χ4v) is 3.79. The molecule has 2 aromatic rings. The molecule has 0 radical (unpaired) electrons. The maximum absolute atomic E-state index is 11.9. The normalized spacial score (nSPS) is 12.5. The van der Waals surface area contributed by atoms with Gasteiger partial charge >= 0.3 is 0 Å². The number of primary amides is 1. The average Bonchev–Trinajstić information content (AvgIpc) is 2.98. The number of amides is 1. The molecule has 0 bridgehead atoms. The van der Waals surface area contributed by atoms with Crippen LogP contribution in [0.15, 0.2) is 30.3 Å². The molecule has 3 heteroatoms. The van der Waals surface area contributed by atoms with E-state index in [2.05, 4.69) is 56.5 Å². The quantitative estimate of drug-likeness (QED) is 0.492. The van der Waals surface area contributed by atoms with Gasteiger partial charge in [-0.25, -0.2) is 0 Å². The maximum Gasteiger partial charge on any atom is 0.250 e. The van der Waals surface area contributed by atoms with Crippen LogP contribution >= 0.6 is 0 Å². The standard InChI is InChI=1S/C24H36N2O/c1-6-7-8-9-20-12-14-21(15-13-20)23-16-22(24(25)27)19(5)26(23)18(4)11-10-17(2)3/h12-18H,6-11H2,1-5H3,(H2,25,27). The summed E-state index contributed by atoms with van der Waals surface area (Å²) in [5, 5.41) is 0. The van der Waals surface area contributed by atoms with E-state index in [1.807, 2.05) is 13.0 Å². The number of nitrogens with zero attached hydrogens (tertiary/aromatic N) is 1. The van der Waals surface area contributed by atoms with Crippen molar-refractivity contribution in [3.05, 3.63) is 47.2 Å². The predicted octanol–water partition coefficient (Wildman–Crippen LogP) is 6.29. The van der Waals surface area contributed by atoms with Gasteiger partial charge in [-0.1, -0.05) is 57.9 Å². The topological polar surface area (TPSA) is 48.0 Å². The average molecular weight is 369 g/mol. The van der Waals surface area contributed by atoms with Gasteiger partial charge in [-0.3, -0.25) is 4.79 Å². The molecule has 0 aliphatic heterocycles. The summed E-state index contributed by atoms with van der Waals surface area (Å²) in [4.78, 5) is 11.9. The van der Waals surface area contributed by atoms with Crippen molar-refractivity contribution in [2.45, 2.75) is 79.2 Å². The third-order valence-corrected chi connectivity index (χ3v) is 5.48. The molecule has 0 fully saturated rings. The Morgan fingerprint density at radius 2 is 1.74 bits per heavy atom. The Labute approximate surface area is 165 Å². The molecule has 1 unspecified atom stereocenters. The van der Waals surface area contributed by atoms with Crippen LogP contribution in [0.1, 0.15) is 87.5 Å². The van der Waals surface area contributed by atoms with Crippen LogP contribution in [0.2, 0.25) is 0 Å². The first-order valence-electron chi connectivity index (χ1n) is 10.5. The highest BCUT2D eigenvalue weighted by Crippen LogP contribution is 2.32. The second-order valence-corrected chi connectivity index (χ2v) is 8.24. The van der Waals surface area contributed by atoms with Crippen LogP contribution in [0.3, 0.4) is 0 Å². The van der Waals surface area contributed by atoms with Crippen LogP contribution in [0.5, 0.6) is 0 Å². The van der Waals surface area contributed by atoms with Gasteiger partial charge in [0.1, 0.15) is 0 Å². The van der Waals surface area contributed by atoms with Gasteiger partial charge in [0, 0.05) is 17.4 Å². The smallest absolute Gasteiger partial charge is 0.250 e. The number of hydrogen-bond donors (Lipinski definition) is 1.